The Bertz CT molecular complexity index is 647. The molecule has 0 saturated heterocycles. The summed E-state index contributed by atoms with van der Waals surface area (Å²) in [6, 6.07) is 13.2. The highest BCUT2D eigenvalue weighted by atomic mass is 79.9. The molecule has 0 aromatic heterocycles. The van der Waals surface area contributed by atoms with Gasteiger partial charge in [0.05, 0.1) is 5.69 Å². The largest absolute Gasteiger partial charge is 0.362 e. The summed E-state index contributed by atoms with van der Waals surface area (Å²) in [5.41, 5.74) is 1.62. The Morgan fingerprint density at radius 3 is 2.64 bits per heavy atom. The lowest BCUT2D eigenvalue weighted by Crippen LogP contribution is -2.30. The quantitative estimate of drug-likeness (QED) is 0.421. The second-order valence-electron chi connectivity index (χ2n) is 4.67. The number of rotatable bonds is 5. The molecule has 2 nitrogen and oxygen atoms in total. The molecule has 116 valence electrons. The van der Waals surface area contributed by atoms with Crippen LogP contribution < -0.4 is 10.6 Å². The predicted octanol–water partition coefficient (Wildman–Crippen LogP) is 4.98. The van der Waals surface area contributed by atoms with Gasteiger partial charge in [0.25, 0.3) is 0 Å². The van der Waals surface area contributed by atoms with Crippen molar-refractivity contribution in [3.05, 3.63) is 58.3 Å². The van der Waals surface area contributed by atoms with Crippen LogP contribution in [0.1, 0.15) is 5.56 Å². The predicted molar refractivity (Wildman–Crippen MR) is 100 cm³/mol. The second kappa shape index (κ2) is 8.50. The van der Waals surface area contributed by atoms with E-state index in [2.05, 4.69) is 57.8 Å². The molecule has 0 saturated carbocycles. The van der Waals surface area contributed by atoms with Gasteiger partial charge < -0.3 is 10.6 Å². The number of anilines is 1. The average Bonchev–Trinajstić information content (AvgIpc) is 2.48. The first-order chi connectivity index (χ1) is 10.5. The number of hydrogen-bond donors (Lipinski definition) is 2. The molecule has 0 radical (unpaired) electrons. The van der Waals surface area contributed by atoms with Crippen molar-refractivity contribution in [3.8, 4) is 0 Å². The van der Waals surface area contributed by atoms with Gasteiger partial charge in [-0.3, -0.25) is 0 Å². The Hall–Kier alpha value is -1.11. The minimum Gasteiger partial charge on any atom is -0.362 e. The molecule has 2 N–H and O–H groups in total. The molecule has 0 bridgehead atoms. The third kappa shape index (κ3) is 5.59. The SMILES string of the molecule is Cc1ccc(SCCNC(=S)Nc2ccc(Br)cc2F)cc1. The van der Waals surface area contributed by atoms with Crippen molar-refractivity contribution in [2.24, 2.45) is 0 Å². The van der Waals surface area contributed by atoms with Gasteiger partial charge in [-0.15, -0.1) is 11.8 Å². The highest BCUT2D eigenvalue weighted by Crippen LogP contribution is 2.19. The summed E-state index contributed by atoms with van der Waals surface area (Å²) in [5, 5.41) is 6.36. The number of thioether (sulfide) groups is 1. The van der Waals surface area contributed by atoms with Gasteiger partial charge in [-0.1, -0.05) is 33.6 Å². The summed E-state index contributed by atoms with van der Waals surface area (Å²) >= 11 is 10.1. The molecule has 2 aromatic carbocycles. The fraction of sp³-hybridized carbons (Fsp3) is 0.188. The van der Waals surface area contributed by atoms with Crippen LogP contribution in [0, 0.1) is 12.7 Å². The van der Waals surface area contributed by atoms with E-state index in [4.69, 9.17) is 12.2 Å². The Balaban J connectivity index is 1.72. The zero-order valence-corrected chi connectivity index (χ0v) is 15.2. The van der Waals surface area contributed by atoms with Crippen LogP contribution in [0.4, 0.5) is 10.1 Å². The third-order valence-corrected chi connectivity index (χ3v) is 4.61. The number of aryl methyl sites for hydroxylation is 1. The first-order valence-corrected chi connectivity index (χ1v) is 8.92. The lowest BCUT2D eigenvalue weighted by molar-refractivity contribution is 0.631. The van der Waals surface area contributed by atoms with Gasteiger partial charge in [0, 0.05) is 21.7 Å². The van der Waals surface area contributed by atoms with E-state index in [0.29, 0.717) is 21.8 Å². The summed E-state index contributed by atoms with van der Waals surface area (Å²) in [7, 11) is 0. The molecule has 0 spiro atoms. The van der Waals surface area contributed by atoms with Crippen LogP contribution in [0.5, 0.6) is 0 Å². The second-order valence-corrected chi connectivity index (χ2v) is 7.16. The monoisotopic (exact) mass is 398 g/mol. The maximum atomic E-state index is 13.7. The van der Waals surface area contributed by atoms with E-state index in [9.17, 15) is 4.39 Å². The maximum absolute atomic E-state index is 13.7. The first-order valence-electron chi connectivity index (χ1n) is 6.74. The third-order valence-electron chi connectivity index (χ3n) is 2.86. The van der Waals surface area contributed by atoms with Crippen LogP contribution in [-0.4, -0.2) is 17.4 Å². The smallest absolute Gasteiger partial charge is 0.170 e. The molecule has 0 aliphatic carbocycles. The van der Waals surface area contributed by atoms with Gasteiger partial charge in [-0.25, -0.2) is 4.39 Å². The van der Waals surface area contributed by atoms with E-state index in [1.54, 1.807) is 23.9 Å². The maximum Gasteiger partial charge on any atom is 0.170 e. The molecule has 0 aliphatic rings. The summed E-state index contributed by atoms with van der Waals surface area (Å²) in [4.78, 5) is 1.23. The van der Waals surface area contributed by atoms with E-state index in [1.807, 2.05) is 0 Å². The van der Waals surface area contributed by atoms with Crippen LogP contribution in [-0.2, 0) is 0 Å². The molecule has 2 rings (SSSR count). The standard InChI is InChI=1S/C16H16BrFN2S2/c1-11-2-5-13(6-3-11)22-9-8-19-16(21)20-15-7-4-12(17)10-14(15)18/h2-7,10H,8-9H2,1H3,(H2,19,20,21). The van der Waals surface area contributed by atoms with Crippen molar-refractivity contribution in [1.82, 2.24) is 5.32 Å². The molecule has 0 amide bonds. The zero-order chi connectivity index (χ0) is 15.9. The number of thiocarbonyl (C=S) groups is 1. The lowest BCUT2D eigenvalue weighted by Gasteiger charge is -2.11. The van der Waals surface area contributed by atoms with E-state index in [0.717, 1.165) is 5.75 Å². The Morgan fingerprint density at radius 1 is 1.23 bits per heavy atom. The summed E-state index contributed by atoms with van der Waals surface area (Å²) in [6.45, 7) is 2.78. The fourth-order valence-corrected chi connectivity index (χ4v) is 3.04. The van der Waals surface area contributed by atoms with Crippen LogP contribution in [0.3, 0.4) is 0 Å². The van der Waals surface area contributed by atoms with Crippen molar-refractivity contribution >= 4 is 50.7 Å². The van der Waals surface area contributed by atoms with E-state index in [1.165, 1.54) is 16.5 Å². The normalized spacial score (nSPS) is 10.3. The Morgan fingerprint density at radius 2 is 1.95 bits per heavy atom. The fourth-order valence-electron chi connectivity index (χ4n) is 1.73. The van der Waals surface area contributed by atoms with Crippen LogP contribution in [0.25, 0.3) is 0 Å². The van der Waals surface area contributed by atoms with E-state index < -0.39 is 0 Å². The highest BCUT2D eigenvalue weighted by Gasteiger charge is 2.04. The molecular formula is C16H16BrFN2S2. The van der Waals surface area contributed by atoms with Crippen molar-refractivity contribution in [1.29, 1.82) is 0 Å². The molecule has 0 aliphatic heterocycles. The van der Waals surface area contributed by atoms with E-state index >= 15 is 0 Å². The number of hydrogen-bond acceptors (Lipinski definition) is 2. The van der Waals surface area contributed by atoms with Crippen LogP contribution >= 0.6 is 39.9 Å². The van der Waals surface area contributed by atoms with Gasteiger partial charge in [0.2, 0.25) is 0 Å². The van der Waals surface area contributed by atoms with Crippen molar-refractivity contribution < 1.29 is 4.39 Å². The molecule has 6 heteroatoms. The van der Waals surface area contributed by atoms with Gasteiger partial charge in [-0.05, 0) is 49.5 Å². The minimum absolute atomic E-state index is 0.340. The van der Waals surface area contributed by atoms with Crippen molar-refractivity contribution in [2.45, 2.75) is 11.8 Å². The number of benzene rings is 2. The van der Waals surface area contributed by atoms with Gasteiger partial charge in [0.15, 0.2) is 5.11 Å². The van der Waals surface area contributed by atoms with Gasteiger partial charge in [0.1, 0.15) is 5.82 Å². The molecule has 2 aromatic rings. The van der Waals surface area contributed by atoms with Crippen molar-refractivity contribution in [2.75, 3.05) is 17.6 Å². The van der Waals surface area contributed by atoms with Crippen LogP contribution in [0.15, 0.2) is 51.8 Å². The van der Waals surface area contributed by atoms with Crippen LogP contribution in [0.2, 0.25) is 0 Å². The highest BCUT2D eigenvalue weighted by molar-refractivity contribution is 9.10. The molecule has 0 fully saturated rings. The Kier molecular flexibility index (Phi) is 6.67. The van der Waals surface area contributed by atoms with E-state index in [-0.39, 0.29) is 5.82 Å². The molecule has 0 atom stereocenters. The van der Waals surface area contributed by atoms with Gasteiger partial charge in [-0.2, -0.15) is 0 Å². The summed E-state index contributed by atoms with van der Waals surface area (Å²) in [5.74, 6) is 0.542. The average molecular weight is 399 g/mol. The lowest BCUT2D eigenvalue weighted by atomic mass is 10.2. The molecular weight excluding hydrogens is 383 g/mol. The van der Waals surface area contributed by atoms with Crippen molar-refractivity contribution in [3.63, 3.8) is 0 Å². The topological polar surface area (TPSA) is 24.1 Å². The molecule has 0 unspecified atom stereocenters. The summed E-state index contributed by atoms with van der Waals surface area (Å²) in [6.07, 6.45) is 0. The Labute approximate surface area is 148 Å². The summed E-state index contributed by atoms with van der Waals surface area (Å²) < 4.78 is 14.4. The first kappa shape index (κ1) is 17.2. The minimum atomic E-state index is -0.340. The molecule has 22 heavy (non-hydrogen) atoms. The number of halogens is 2. The molecule has 0 heterocycles. The number of nitrogens with one attached hydrogen (secondary N) is 2. The van der Waals surface area contributed by atoms with Gasteiger partial charge >= 0.3 is 0 Å². The zero-order valence-electron chi connectivity index (χ0n) is 12.0.